The molecule has 0 aliphatic heterocycles. The van der Waals surface area contributed by atoms with E-state index in [1.807, 2.05) is 0 Å². The Morgan fingerprint density at radius 3 is 2.75 bits per heavy atom. The summed E-state index contributed by atoms with van der Waals surface area (Å²) in [7, 11) is 0. The molecule has 20 heavy (non-hydrogen) atoms. The summed E-state index contributed by atoms with van der Waals surface area (Å²) in [6.45, 7) is -0.107. The first-order valence-electron chi connectivity index (χ1n) is 6.67. The highest BCUT2D eigenvalue weighted by Gasteiger charge is 2.20. The molecule has 1 aromatic carbocycles. The van der Waals surface area contributed by atoms with Crippen LogP contribution in [0.15, 0.2) is 18.2 Å². The average Bonchev–Trinajstić information content (AvgIpc) is 2.43. The fraction of sp³-hybridized carbons (Fsp3) is 0.500. The number of ether oxygens (including phenoxy) is 1. The number of nitrogens with two attached hydrogens (primary N) is 1. The van der Waals surface area contributed by atoms with Crippen LogP contribution in [-0.4, -0.2) is 24.6 Å². The normalized spacial score (nSPS) is 22.4. The fourth-order valence-electron chi connectivity index (χ4n) is 2.25. The number of amides is 1. The molecule has 1 aliphatic carbocycles. The van der Waals surface area contributed by atoms with E-state index in [9.17, 15) is 9.18 Å². The topological polar surface area (TPSA) is 64.3 Å². The van der Waals surface area contributed by atoms with E-state index in [1.165, 1.54) is 18.2 Å². The lowest BCUT2D eigenvalue weighted by Crippen LogP contribution is -2.42. The van der Waals surface area contributed by atoms with E-state index in [1.54, 1.807) is 0 Å². The van der Waals surface area contributed by atoms with Gasteiger partial charge in [0.05, 0.1) is 5.02 Å². The highest BCUT2D eigenvalue weighted by atomic mass is 35.5. The summed E-state index contributed by atoms with van der Waals surface area (Å²) in [5.41, 5.74) is 5.81. The molecule has 3 N–H and O–H groups in total. The first-order valence-corrected chi connectivity index (χ1v) is 7.05. The summed E-state index contributed by atoms with van der Waals surface area (Å²) in [5, 5.41) is 2.89. The Morgan fingerprint density at radius 2 is 2.10 bits per heavy atom. The van der Waals surface area contributed by atoms with Gasteiger partial charge in [-0.1, -0.05) is 11.6 Å². The van der Waals surface area contributed by atoms with Crippen molar-refractivity contribution in [2.45, 2.75) is 37.8 Å². The lowest BCUT2D eigenvalue weighted by Gasteiger charge is -2.26. The molecule has 0 atom stereocenters. The average molecular weight is 301 g/mol. The van der Waals surface area contributed by atoms with Gasteiger partial charge >= 0.3 is 0 Å². The maximum Gasteiger partial charge on any atom is 0.258 e. The first kappa shape index (κ1) is 15.1. The molecule has 0 saturated heterocycles. The highest BCUT2D eigenvalue weighted by Crippen LogP contribution is 2.21. The molecule has 0 radical (unpaired) electrons. The van der Waals surface area contributed by atoms with E-state index in [2.05, 4.69) is 5.32 Å². The van der Waals surface area contributed by atoms with Crippen LogP contribution in [0.3, 0.4) is 0 Å². The SMILES string of the molecule is NC1CCC(NC(=O)COc2ccc(F)c(Cl)c2)CC1. The van der Waals surface area contributed by atoms with Gasteiger partial charge in [0, 0.05) is 18.2 Å². The molecule has 0 bridgehead atoms. The largest absolute Gasteiger partial charge is 0.484 e. The Hall–Kier alpha value is -1.33. The number of carbonyl (C=O) groups excluding carboxylic acids is 1. The molecule has 1 amide bonds. The molecule has 1 fully saturated rings. The summed E-state index contributed by atoms with van der Waals surface area (Å²) < 4.78 is 18.2. The number of hydrogen-bond donors (Lipinski definition) is 2. The molecule has 2 rings (SSSR count). The van der Waals surface area contributed by atoms with Crippen molar-refractivity contribution in [1.29, 1.82) is 0 Å². The maximum atomic E-state index is 13.0. The zero-order chi connectivity index (χ0) is 14.5. The molecule has 0 spiro atoms. The number of rotatable bonds is 4. The Morgan fingerprint density at radius 1 is 1.40 bits per heavy atom. The molecule has 0 aromatic heterocycles. The number of carbonyl (C=O) groups is 1. The number of hydrogen-bond acceptors (Lipinski definition) is 3. The first-order chi connectivity index (χ1) is 9.54. The van der Waals surface area contributed by atoms with Gasteiger partial charge in [-0.3, -0.25) is 4.79 Å². The minimum Gasteiger partial charge on any atom is -0.484 e. The Labute approximate surface area is 122 Å². The summed E-state index contributed by atoms with van der Waals surface area (Å²) in [6.07, 6.45) is 3.66. The van der Waals surface area contributed by atoms with E-state index < -0.39 is 5.82 Å². The summed E-state index contributed by atoms with van der Waals surface area (Å²) in [6, 6.07) is 4.42. The van der Waals surface area contributed by atoms with Crippen LogP contribution in [0.25, 0.3) is 0 Å². The van der Waals surface area contributed by atoms with Gasteiger partial charge in [-0.25, -0.2) is 4.39 Å². The van der Waals surface area contributed by atoms with Crippen molar-refractivity contribution < 1.29 is 13.9 Å². The maximum absolute atomic E-state index is 13.0. The standard InChI is InChI=1S/C14H18ClFN2O2/c15-12-7-11(5-6-13(12)16)20-8-14(19)18-10-3-1-9(17)2-4-10/h5-7,9-10H,1-4,8,17H2,(H,18,19). The van der Waals surface area contributed by atoms with Crippen molar-refractivity contribution in [3.05, 3.63) is 29.0 Å². The van der Waals surface area contributed by atoms with E-state index in [0.29, 0.717) is 5.75 Å². The van der Waals surface area contributed by atoms with Gasteiger partial charge in [-0.2, -0.15) is 0 Å². The van der Waals surface area contributed by atoms with Crippen molar-refractivity contribution in [2.24, 2.45) is 5.73 Å². The smallest absolute Gasteiger partial charge is 0.258 e. The van der Waals surface area contributed by atoms with Crippen LogP contribution in [0.5, 0.6) is 5.75 Å². The number of halogens is 2. The van der Waals surface area contributed by atoms with Gasteiger partial charge in [-0.05, 0) is 37.8 Å². The van der Waals surface area contributed by atoms with Crippen molar-refractivity contribution in [3.8, 4) is 5.75 Å². The number of benzene rings is 1. The summed E-state index contributed by atoms with van der Waals surface area (Å²) in [5.74, 6) is -0.329. The Bertz CT molecular complexity index is 476. The van der Waals surface area contributed by atoms with Crippen molar-refractivity contribution in [2.75, 3.05) is 6.61 Å². The molecular weight excluding hydrogens is 283 g/mol. The van der Waals surface area contributed by atoms with Crippen LogP contribution in [-0.2, 0) is 4.79 Å². The zero-order valence-electron chi connectivity index (χ0n) is 11.1. The predicted octanol–water partition coefficient (Wildman–Crippen LogP) is 2.24. The van der Waals surface area contributed by atoms with Crippen LogP contribution >= 0.6 is 11.6 Å². The van der Waals surface area contributed by atoms with Crippen LogP contribution in [0, 0.1) is 5.82 Å². The minimum absolute atomic E-state index is 0.0239. The molecule has 1 saturated carbocycles. The van der Waals surface area contributed by atoms with Gasteiger partial charge in [-0.15, -0.1) is 0 Å². The summed E-state index contributed by atoms with van der Waals surface area (Å²) in [4.78, 5) is 11.7. The molecule has 1 aromatic rings. The highest BCUT2D eigenvalue weighted by molar-refractivity contribution is 6.30. The van der Waals surface area contributed by atoms with Gasteiger partial charge < -0.3 is 15.8 Å². The van der Waals surface area contributed by atoms with Gasteiger partial charge in [0.15, 0.2) is 6.61 Å². The molecule has 0 heterocycles. The fourth-order valence-corrected chi connectivity index (χ4v) is 2.42. The predicted molar refractivity (Wildman–Crippen MR) is 75.3 cm³/mol. The van der Waals surface area contributed by atoms with Crippen molar-refractivity contribution in [1.82, 2.24) is 5.32 Å². The second-order valence-corrected chi connectivity index (χ2v) is 5.45. The van der Waals surface area contributed by atoms with Crippen molar-refractivity contribution >= 4 is 17.5 Å². The number of nitrogens with one attached hydrogen (secondary N) is 1. The second kappa shape index (κ2) is 6.90. The van der Waals surface area contributed by atoms with E-state index in [4.69, 9.17) is 22.1 Å². The lowest BCUT2D eigenvalue weighted by atomic mass is 9.92. The Kier molecular flexibility index (Phi) is 5.20. The molecule has 1 aliphatic rings. The minimum atomic E-state index is -0.512. The van der Waals surface area contributed by atoms with Crippen molar-refractivity contribution in [3.63, 3.8) is 0 Å². The molecular formula is C14H18ClFN2O2. The van der Waals surface area contributed by atoms with Crippen LogP contribution in [0.4, 0.5) is 4.39 Å². The third-order valence-electron chi connectivity index (χ3n) is 3.40. The van der Waals surface area contributed by atoms with Crippen LogP contribution in [0.2, 0.25) is 5.02 Å². The molecule has 4 nitrogen and oxygen atoms in total. The third-order valence-corrected chi connectivity index (χ3v) is 3.69. The second-order valence-electron chi connectivity index (χ2n) is 5.04. The molecule has 6 heteroatoms. The lowest BCUT2D eigenvalue weighted by molar-refractivity contribution is -0.124. The van der Waals surface area contributed by atoms with Gasteiger partial charge in [0.1, 0.15) is 11.6 Å². The molecule has 110 valence electrons. The van der Waals surface area contributed by atoms with Crippen LogP contribution < -0.4 is 15.8 Å². The Balaban J connectivity index is 1.76. The molecule has 0 unspecified atom stereocenters. The quantitative estimate of drug-likeness (QED) is 0.896. The van der Waals surface area contributed by atoms with E-state index >= 15 is 0 Å². The monoisotopic (exact) mass is 300 g/mol. The third kappa shape index (κ3) is 4.35. The van der Waals surface area contributed by atoms with E-state index in [-0.39, 0.29) is 29.6 Å². The van der Waals surface area contributed by atoms with Gasteiger partial charge in [0.2, 0.25) is 0 Å². The van der Waals surface area contributed by atoms with Gasteiger partial charge in [0.25, 0.3) is 5.91 Å². The van der Waals surface area contributed by atoms with E-state index in [0.717, 1.165) is 25.7 Å². The zero-order valence-corrected chi connectivity index (χ0v) is 11.8. The summed E-state index contributed by atoms with van der Waals surface area (Å²) >= 11 is 5.63. The van der Waals surface area contributed by atoms with Crippen LogP contribution in [0.1, 0.15) is 25.7 Å².